The van der Waals surface area contributed by atoms with Crippen LogP contribution in [0.4, 0.5) is 0 Å². The van der Waals surface area contributed by atoms with E-state index in [0.717, 1.165) is 19.7 Å². The predicted molar refractivity (Wildman–Crippen MR) is 64.7 cm³/mol. The summed E-state index contributed by atoms with van der Waals surface area (Å²) in [5.74, 6) is 0.768. The second-order valence-electron chi connectivity index (χ2n) is 5.30. The lowest BCUT2D eigenvalue weighted by atomic mass is 9.82. The topological polar surface area (TPSA) is 38.8 Å². The average molecular weight is 241 g/mol. The molecule has 1 saturated heterocycles. The molecule has 1 aliphatic carbocycles. The van der Waals surface area contributed by atoms with Crippen molar-refractivity contribution in [2.45, 2.75) is 26.2 Å². The molecule has 0 aromatic heterocycles. The van der Waals surface area contributed by atoms with Crippen molar-refractivity contribution in [3.05, 3.63) is 0 Å². The molecule has 0 spiro atoms. The summed E-state index contributed by atoms with van der Waals surface area (Å²) in [5, 5.41) is 0. The van der Waals surface area contributed by atoms with Gasteiger partial charge < -0.3 is 14.4 Å². The Morgan fingerprint density at radius 2 is 2.35 bits per heavy atom. The minimum atomic E-state index is 0.136. The monoisotopic (exact) mass is 241 g/mol. The molecule has 1 heterocycles. The van der Waals surface area contributed by atoms with Crippen LogP contribution in [0.3, 0.4) is 0 Å². The van der Waals surface area contributed by atoms with E-state index in [4.69, 9.17) is 9.47 Å². The van der Waals surface area contributed by atoms with Gasteiger partial charge in [-0.3, -0.25) is 4.79 Å². The lowest BCUT2D eigenvalue weighted by Gasteiger charge is -2.27. The lowest BCUT2D eigenvalue weighted by Crippen LogP contribution is -2.36. The van der Waals surface area contributed by atoms with Gasteiger partial charge in [0.15, 0.2) is 0 Å². The Morgan fingerprint density at radius 3 is 3.06 bits per heavy atom. The van der Waals surface area contributed by atoms with Crippen LogP contribution in [0, 0.1) is 11.3 Å². The summed E-state index contributed by atoms with van der Waals surface area (Å²) in [6, 6.07) is 0. The average Bonchev–Trinajstić information content (AvgIpc) is 2.82. The minimum absolute atomic E-state index is 0.136. The van der Waals surface area contributed by atoms with Gasteiger partial charge in [0.25, 0.3) is 0 Å². The number of rotatable bonds is 5. The van der Waals surface area contributed by atoms with E-state index in [0.29, 0.717) is 12.5 Å². The maximum absolute atomic E-state index is 11.9. The molecular formula is C13H23NO3. The molecule has 0 radical (unpaired) electrons. The molecular weight excluding hydrogens is 218 g/mol. The number of ether oxygens (including phenoxy) is 2. The van der Waals surface area contributed by atoms with Crippen molar-refractivity contribution in [1.29, 1.82) is 0 Å². The first kappa shape index (κ1) is 12.8. The van der Waals surface area contributed by atoms with Crippen molar-refractivity contribution in [3.8, 4) is 0 Å². The van der Waals surface area contributed by atoms with E-state index in [2.05, 4.69) is 0 Å². The first-order valence-electron chi connectivity index (χ1n) is 6.56. The third kappa shape index (κ3) is 2.47. The molecule has 0 aromatic rings. The van der Waals surface area contributed by atoms with Crippen LogP contribution in [-0.2, 0) is 14.3 Å². The Bertz CT molecular complexity index is 282. The molecule has 0 N–H and O–H groups in total. The van der Waals surface area contributed by atoms with Gasteiger partial charge in [-0.05, 0) is 25.7 Å². The summed E-state index contributed by atoms with van der Waals surface area (Å²) in [6.07, 6.45) is 3.72. The smallest absolute Gasteiger partial charge is 0.248 e. The number of likely N-dealkylation sites (tertiary alicyclic amines) is 1. The molecule has 4 heteroatoms. The third-order valence-electron chi connectivity index (χ3n) is 4.25. The van der Waals surface area contributed by atoms with Gasteiger partial charge in [-0.2, -0.15) is 0 Å². The van der Waals surface area contributed by atoms with Crippen LogP contribution >= 0.6 is 0 Å². The van der Waals surface area contributed by atoms with E-state index in [9.17, 15) is 4.79 Å². The van der Waals surface area contributed by atoms with Crippen molar-refractivity contribution in [3.63, 3.8) is 0 Å². The van der Waals surface area contributed by atoms with Gasteiger partial charge >= 0.3 is 0 Å². The summed E-state index contributed by atoms with van der Waals surface area (Å²) in [6.45, 7) is 5.29. The minimum Gasteiger partial charge on any atom is -0.384 e. The second-order valence-corrected chi connectivity index (χ2v) is 5.30. The Labute approximate surface area is 103 Å². The molecule has 1 amide bonds. The first-order chi connectivity index (χ1) is 8.22. The largest absolute Gasteiger partial charge is 0.384 e. The highest BCUT2D eigenvalue weighted by Gasteiger charge is 2.50. The van der Waals surface area contributed by atoms with E-state index in [1.54, 1.807) is 7.11 Å². The summed E-state index contributed by atoms with van der Waals surface area (Å²) >= 11 is 0. The fraction of sp³-hybridized carbons (Fsp3) is 0.923. The van der Waals surface area contributed by atoms with Crippen molar-refractivity contribution in [1.82, 2.24) is 4.90 Å². The van der Waals surface area contributed by atoms with Crippen LogP contribution in [0.15, 0.2) is 0 Å². The van der Waals surface area contributed by atoms with E-state index in [1.165, 1.54) is 19.3 Å². The molecule has 4 nitrogen and oxygen atoms in total. The van der Waals surface area contributed by atoms with E-state index < -0.39 is 0 Å². The van der Waals surface area contributed by atoms with Gasteiger partial charge in [0.1, 0.15) is 6.61 Å². The highest BCUT2D eigenvalue weighted by molar-refractivity contribution is 5.77. The number of carbonyl (C=O) groups is 1. The number of carbonyl (C=O) groups excluding carboxylic acids is 1. The van der Waals surface area contributed by atoms with Gasteiger partial charge in [-0.25, -0.2) is 0 Å². The lowest BCUT2D eigenvalue weighted by molar-refractivity contribution is -0.135. The highest BCUT2D eigenvalue weighted by Crippen LogP contribution is 2.48. The van der Waals surface area contributed by atoms with E-state index in [1.807, 2.05) is 11.8 Å². The number of fused-ring (bicyclic) bond motifs is 1. The number of hydrogen-bond donors (Lipinski definition) is 0. The number of methoxy groups -OCH3 is 1. The van der Waals surface area contributed by atoms with Crippen LogP contribution in [0.1, 0.15) is 26.2 Å². The Hall–Kier alpha value is -0.610. The van der Waals surface area contributed by atoms with Gasteiger partial charge in [0.05, 0.1) is 6.61 Å². The molecule has 98 valence electrons. The standard InChI is InChI=1S/C13H23NO3/c1-3-17-8-12(15)14-7-11-5-4-6-13(11,9-14)10-16-2/h11H,3-10H2,1-2H3/t11-,13+/m1/s1. The number of hydrogen-bond acceptors (Lipinski definition) is 3. The van der Waals surface area contributed by atoms with Gasteiger partial charge in [-0.15, -0.1) is 0 Å². The summed E-state index contributed by atoms with van der Waals surface area (Å²) in [4.78, 5) is 13.9. The van der Waals surface area contributed by atoms with Crippen molar-refractivity contribution in [2.24, 2.45) is 11.3 Å². The molecule has 1 saturated carbocycles. The molecule has 2 rings (SSSR count). The summed E-state index contributed by atoms with van der Waals surface area (Å²) in [5.41, 5.74) is 0.233. The zero-order valence-corrected chi connectivity index (χ0v) is 10.9. The third-order valence-corrected chi connectivity index (χ3v) is 4.25. The fourth-order valence-corrected chi connectivity index (χ4v) is 3.41. The number of nitrogens with zero attached hydrogens (tertiary/aromatic N) is 1. The SMILES string of the molecule is CCOCC(=O)N1C[C@H]2CCC[C@@]2(COC)C1. The first-order valence-corrected chi connectivity index (χ1v) is 6.56. The number of amides is 1. The van der Waals surface area contributed by atoms with Crippen molar-refractivity contribution in [2.75, 3.05) is 40.0 Å². The van der Waals surface area contributed by atoms with Crippen LogP contribution in [-0.4, -0.2) is 50.8 Å². The molecule has 2 aliphatic rings. The van der Waals surface area contributed by atoms with Gasteiger partial charge in [-0.1, -0.05) is 6.42 Å². The zero-order chi connectivity index (χ0) is 12.3. The van der Waals surface area contributed by atoms with Crippen molar-refractivity contribution < 1.29 is 14.3 Å². The van der Waals surface area contributed by atoms with E-state index >= 15 is 0 Å². The fourth-order valence-electron chi connectivity index (χ4n) is 3.41. The summed E-state index contributed by atoms with van der Waals surface area (Å²) < 4.78 is 10.6. The Balaban J connectivity index is 1.95. The normalized spacial score (nSPS) is 31.9. The summed E-state index contributed by atoms with van der Waals surface area (Å²) in [7, 11) is 1.76. The Kier molecular flexibility index (Phi) is 4.05. The zero-order valence-electron chi connectivity index (χ0n) is 10.9. The predicted octanol–water partition coefficient (Wildman–Crippen LogP) is 1.30. The van der Waals surface area contributed by atoms with Crippen LogP contribution in [0.25, 0.3) is 0 Å². The molecule has 1 aliphatic heterocycles. The molecule has 17 heavy (non-hydrogen) atoms. The molecule has 0 unspecified atom stereocenters. The molecule has 0 bridgehead atoms. The van der Waals surface area contributed by atoms with Crippen molar-refractivity contribution >= 4 is 5.91 Å². The molecule has 2 atom stereocenters. The van der Waals surface area contributed by atoms with Gasteiger partial charge in [0.2, 0.25) is 5.91 Å². The maximum atomic E-state index is 11.9. The highest BCUT2D eigenvalue weighted by atomic mass is 16.5. The van der Waals surface area contributed by atoms with E-state index in [-0.39, 0.29) is 17.9 Å². The quantitative estimate of drug-likeness (QED) is 0.728. The van der Waals surface area contributed by atoms with Crippen LogP contribution in [0.2, 0.25) is 0 Å². The van der Waals surface area contributed by atoms with Crippen LogP contribution < -0.4 is 0 Å². The Morgan fingerprint density at radius 1 is 1.53 bits per heavy atom. The maximum Gasteiger partial charge on any atom is 0.248 e. The second kappa shape index (κ2) is 5.36. The molecule has 2 fully saturated rings. The van der Waals surface area contributed by atoms with Gasteiger partial charge in [0, 0.05) is 32.2 Å². The molecule has 0 aromatic carbocycles. The van der Waals surface area contributed by atoms with Crippen LogP contribution in [0.5, 0.6) is 0 Å².